The van der Waals surface area contributed by atoms with E-state index >= 15 is 0 Å². The lowest BCUT2D eigenvalue weighted by molar-refractivity contribution is -0.384. The Labute approximate surface area is 123 Å². The van der Waals surface area contributed by atoms with E-state index in [1.54, 1.807) is 17.4 Å². The first kappa shape index (κ1) is 14.2. The third kappa shape index (κ3) is 3.62. The highest BCUT2D eigenvalue weighted by molar-refractivity contribution is 9.10. The summed E-state index contributed by atoms with van der Waals surface area (Å²) in [7, 11) is 0. The van der Waals surface area contributed by atoms with Crippen LogP contribution in [0.5, 0.6) is 0 Å². The van der Waals surface area contributed by atoms with E-state index < -0.39 is 4.92 Å². The summed E-state index contributed by atoms with van der Waals surface area (Å²) in [4.78, 5) is 11.5. The largest absolute Gasteiger partial charge is 0.305 e. The highest BCUT2D eigenvalue weighted by atomic mass is 79.9. The molecule has 100 valence electrons. The number of non-ortho nitro benzene ring substituents is 1. The molecule has 4 nitrogen and oxygen atoms in total. The van der Waals surface area contributed by atoms with Crippen molar-refractivity contribution >= 4 is 33.0 Å². The van der Waals surface area contributed by atoms with E-state index in [4.69, 9.17) is 0 Å². The first-order valence-electron chi connectivity index (χ1n) is 5.77. The third-order valence-electron chi connectivity index (χ3n) is 2.82. The van der Waals surface area contributed by atoms with Gasteiger partial charge >= 0.3 is 0 Å². The molecule has 1 heterocycles. The molecule has 0 radical (unpaired) electrons. The number of nitro groups is 1. The van der Waals surface area contributed by atoms with Gasteiger partial charge in [-0.3, -0.25) is 10.1 Å². The summed E-state index contributed by atoms with van der Waals surface area (Å²) in [5.74, 6) is 0. The maximum Gasteiger partial charge on any atom is 0.270 e. The van der Waals surface area contributed by atoms with E-state index in [9.17, 15) is 10.1 Å². The van der Waals surface area contributed by atoms with Crippen LogP contribution in [0.15, 0.2) is 40.2 Å². The maximum atomic E-state index is 10.7. The molecule has 0 aliphatic rings. The first-order chi connectivity index (χ1) is 9.08. The number of nitro benzene ring substituents is 1. The Bertz CT molecular complexity index is 572. The summed E-state index contributed by atoms with van der Waals surface area (Å²) in [5, 5.41) is 16.1. The van der Waals surface area contributed by atoms with Crippen molar-refractivity contribution in [2.45, 2.75) is 19.5 Å². The Kier molecular flexibility index (Phi) is 4.68. The number of thiophene rings is 1. The molecule has 2 rings (SSSR count). The Morgan fingerprint density at radius 1 is 1.47 bits per heavy atom. The van der Waals surface area contributed by atoms with Crippen molar-refractivity contribution in [2.75, 3.05) is 0 Å². The highest BCUT2D eigenvalue weighted by Crippen LogP contribution is 2.24. The summed E-state index contributed by atoms with van der Waals surface area (Å²) in [6.45, 7) is 2.77. The van der Waals surface area contributed by atoms with Crippen molar-refractivity contribution < 1.29 is 4.92 Å². The molecular weight excluding hydrogens is 328 g/mol. The monoisotopic (exact) mass is 340 g/mol. The molecule has 6 heteroatoms. The molecule has 1 N–H and O–H groups in total. The van der Waals surface area contributed by atoms with Gasteiger partial charge in [-0.1, -0.05) is 22.0 Å². The Hall–Kier alpha value is -1.24. The molecule has 0 unspecified atom stereocenters. The number of hydrogen-bond acceptors (Lipinski definition) is 4. The van der Waals surface area contributed by atoms with Gasteiger partial charge in [0.15, 0.2) is 0 Å². The zero-order chi connectivity index (χ0) is 13.8. The molecule has 0 fully saturated rings. The normalized spacial score (nSPS) is 12.3. The van der Waals surface area contributed by atoms with Crippen molar-refractivity contribution in [1.29, 1.82) is 0 Å². The summed E-state index contributed by atoms with van der Waals surface area (Å²) in [6.07, 6.45) is 0. The first-order valence-corrected chi connectivity index (χ1v) is 7.45. The molecule has 0 aliphatic carbocycles. The second-order valence-corrected chi connectivity index (χ2v) is 5.98. The van der Waals surface area contributed by atoms with Crippen molar-refractivity contribution in [3.05, 3.63) is 60.7 Å². The van der Waals surface area contributed by atoms with E-state index in [0.717, 1.165) is 10.0 Å². The lowest BCUT2D eigenvalue weighted by Crippen LogP contribution is -2.17. The fourth-order valence-electron chi connectivity index (χ4n) is 1.69. The van der Waals surface area contributed by atoms with Crippen LogP contribution in [-0.2, 0) is 6.54 Å². The van der Waals surface area contributed by atoms with Crippen LogP contribution in [0.25, 0.3) is 0 Å². The van der Waals surface area contributed by atoms with Gasteiger partial charge < -0.3 is 5.32 Å². The molecule has 0 saturated heterocycles. The highest BCUT2D eigenvalue weighted by Gasteiger charge is 2.10. The van der Waals surface area contributed by atoms with Crippen LogP contribution in [0.3, 0.4) is 0 Å². The average Bonchev–Trinajstić information content (AvgIpc) is 2.90. The number of nitrogens with zero attached hydrogens (tertiary/aromatic N) is 1. The van der Waals surface area contributed by atoms with Crippen molar-refractivity contribution in [3.8, 4) is 0 Å². The van der Waals surface area contributed by atoms with E-state index in [1.165, 1.54) is 17.0 Å². The molecule has 1 aromatic heterocycles. The van der Waals surface area contributed by atoms with Gasteiger partial charge in [-0.05, 0) is 30.0 Å². The van der Waals surface area contributed by atoms with E-state index in [0.29, 0.717) is 6.54 Å². The second-order valence-electron chi connectivity index (χ2n) is 4.15. The van der Waals surface area contributed by atoms with E-state index in [2.05, 4.69) is 39.6 Å². The van der Waals surface area contributed by atoms with Gasteiger partial charge in [0.1, 0.15) is 0 Å². The lowest BCUT2D eigenvalue weighted by Gasteiger charge is -2.13. The molecule has 0 bridgehead atoms. The summed E-state index contributed by atoms with van der Waals surface area (Å²) < 4.78 is 0.757. The Balaban J connectivity index is 2.02. The van der Waals surface area contributed by atoms with Crippen molar-refractivity contribution in [2.24, 2.45) is 0 Å². The fourth-order valence-corrected chi connectivity index (χ4v) is 2.96. The van der Waals surface area contributed by atoms with Gasteiger partial charge in [-0.25, -0.2) is 0 Å². The van der Waals surface area contributed by atoms with Gasteiger partial charge in [0.25, 0.3) is 5.69 Å². The molecule has 0 saturated carbocycles. The van der Waals surface area contributed by atoms with Gasteiger partial charge in [0.2, 0.25) is 0 Å². The van der Waals surface area contributed by atoms with Gasteiger partial charge in [-0.2, -0.15) is 0 Å². The molecular formula is C13H13BrN2O2S. The van der Waals surface area contributed by atoms with Crippen molar-refractivity contribution in [3.63, 3.8) is 0 Å². The molecule has 0 amide bonds. The summed E-state index contributed by atoms with van der Waals surface area (Å²) in [6, 6.07) is 9.22. The maximum absolute atomic E-state index is 10.7. The van der Waals surface area contributed by atoms with Crippen LogP contribution in [0.4, 0.5) is 5.69 Å². The SMILES string of the molecule is C[C@@H](NCc1ccc([N+](=O)[O-])cc1Br)c1cccs1. The standard InChI is InChI=1S/C13H13BrN2O2S/c1-9(13-3-2-6-19-13)15-8-10-4-5-11(16(17)18)7-12(10)14/h2-7,9,15H,8H2,1H3/t9-/m1/s1. The Morgan fingerprint density at radius 2 is 2.26 bits per heavy atom. The second kappa shape index (κ2) is 6.27. The third-order valence-corrected chi connectivity index (χ3v) is 4.61. The lowest BCUT2D eigenvalue weighted by atomic mass is 10.2. The minimum atomic E-state index is -0.393. The predicted molar refractivity (Wildman–Crippen MR) is 80.4 cm³/mol. The predicted octanol–water partition coefficient (Wildman–Crippen LogP) is 4.27. The summed E-state index contributed by atoms with van der Waals surface area (Å²) in [5.41, 5.74) is 1.11. The minimum Gasteiger partial charge on any atom is -0.305 e. The van der Waals surface area contributed by atoms with Crippen LogP contribution >= 0.6 is 27.3 Å². The van der Waals surface area contributed by atoms with Crippen LogP contribution in [-0.4, -0.2) is 4.92 Å². The van der Waals surface area contributed by atoms with Gasteiger partial charge in [0, 0.05) is 34.1 Å². The van der Waals surface area contributed by atoms with Gasteiger partial charge in [0.05, 0.1) is 4.92 Å². The molecule has 0 aliphatic heterocycles. The zero-order valence-electron chi connectivity index (χ0n) is 10.3. The number of nitrogens with one attached hydrogen (secondary N) is 1. The fraction of sp³-hybridized carbons (Fsp3) is 0.231. The molecule has 0 spiro atoms. The molecule has 19 heavy (non-hydrogen) atoms. The molecule has 1 aromatic carbocycles. The molecule has 2 aromatic rings. The number of benzene rings is 1. The van der Waals surface area contributed by atoms with Crippen LogP contribution < -0.4 is 5.32 Å². The zero-order valence-corrected chi connectivity index (χ0v) is 12.7. The topological polar surface area (TPSA) is 55.2 Å². The van der Waals surface area contributed by atoms with Crippen molar-refractivity contribution in [1.82, 2.24) is 5.32 Å². The van der Waals surface area contributed by atoms with Crippen LogP contribution in [0.1, 0.15) is 23.4 Å². The smallest absolute Gasteiger partial charge is 0.270 e. The van der Waals surface area contributed by atoms with E-state index in [-0.39, 0.29) is 11.7 Å². The number of halogens is 1. The number of hydrogen-bond donors (Lipinski definition) is 1. The van der Waals surface area contributed by atoms with Crippen LogP contribution in [0.2, 0.25) is 0 Å². The quantitative estimate of drug-likeness (QED) is 0.653. The summed E-state index contributed by atoms with van der Waals surface area (Å²) >= 11 is 5.09. The van der Waals surface area contributed by atoms with Crippen LogP contribution in [0, 0.1) is 10.1 Å². The molecule has 1 atom stereocenters. The van der Waals surface area contributed by atoms with E-state index in [1.807, 2.05) is 6.07 Å². The Morgan fingerprint density at radius 3 is 2.84 bits per heavy atom. The minimum absolute atomic E-state index is 0.0990. The van der Waals surface area contributed by atoms with Gasteiger partial charge in [-0.15, -0.1) is 11.3 Å². The average molecular weight is 341 g/mol. The number of rotatable bonds is 5.